The summed E-state index contributed by atoms with van der Waals surface area (Å²) >= 11 is 0. The van der Waals surface area contributed by atoms with Crippen LogP contribution in [0.15, 0.2) is 25.3 Å². The van der Waals surface area contributed by atoms with Crippen LogP contribution in [0.4, 0.5) is 0 Å². The highest BCUT2D eigenvalue weighted by atomic mass is 16.5. The second-order valence-electron chi connectivity index (χ2n) is 2.41. The Bertz CT molecular complexity index is 243. The Morgan fingerprint density at radius 3 is 2.77 bits per heavy atom. The third-order valence-electron chi connectivity index (χ3n) is 1.22. The largest absolute Gasteiger partial charge is 0.445 e. The molecule has 0 aliphatic rings. The molecule has 1 unspecified atom stereocenters. The van der Waals surface area contributed by atoms with E-state index in [-0.39, 0.29) is 5.97 Å². The zero-order valence-electron chi connectivity index (χ0n) is 7.88. The molecule has 0 aromatic heterocycles. The minimum Gasteiger partial charge on any atom is -0.445 e. The summed E-state index contributed by atoms with van der Waals surface area (Å²) in [5.41, 5.74) is 0. The van der Waals surface area contributed by atoms with Crippen LogP contribution < -0.4 is 0 Å². The van der Waals surface area contributed by atoms with Gasteiger partial charge >= 0.3 is 5.97 Å². The van der Waals surface area contributed by atoms with Crippen molar-refractivity contribution in [2.45, 2.75) is 25.9 Å². The van der Waals surface area contributed by atoms with Crippen LogP contribution in [0.3, 0.4) is 0 Å². The van der Waals surface area contributed by atoms with E-state index in [1.807, 2.05) is 0 Å². The Balaban J connectivity index is 3.92. The van der Waals surface area contributed by atoms with Gasteiger partial charge in [0.25, 0.3) is 0 Å². The number of hydrogen-bond donors (Lipinski definition) is 0. The van der Waals surface area contributed by atoms with Crippen LogP contribution in [-0.4, -0.2) is 12.1 Å². The van der Waals surface area contributed by atoms with Gasteiger partial charge in [-0.3, -0.25) is 4.79 Å². The average molecular weight is 178 g/mol. The fraction of sp³-hybridized carbons (Fsp3) is 0.364. The van der Waals surface area contributed by atoms with Crippen molar-refractivity contribution in [2.24, 2.45) is 0 Å². The number of unbranched alkanes of at least 4 members (excludes halogenated alkanes) is 1. The average Bonchev–Trinajstić information content (AvgIpc) is 2.09. The summed E-state index contributed by atoms with van der Waals surface area (Å²) in [6.07, 6.45) is 4.39. The normalized spacial score (nSPS) is 10.5. The summed E-state index contributed by atoms with van der Waals surface area (Å²) in [6, 6.07) is 0. The molecule has 13 heavy (non-hydrogen) atoms. The zero-order valence-corrected chi connectivity index (χ0v) is 7.88. The predicted octanol–water partition coefficient (Wildman–Crippen LogP) is 2.07. The monoisotopic (exact) mass is 178 g/mol. The molecule has 1 atom stereocenters. The molecule has 2 heteroatoms. The number of hydrogen-bond acceptors (Lipinski definition) is 2. The maximum absolute atomic E-state index is 10.5. The molecule has 0 saturated carbocycles. The molecule has 2 nitrogen and oxygen atoms in total. The maximum Gasteiger partial charge on any atom is 0.304 e. The van der Waals surface area contributed by atoms with Crippen molar-refractivity contribution < 1.29 is 9.53 Å². The number of carbonyl (C=O) groups is 1. The Morgan fingerprint density at radius 2 is 2.31 bits per heavy atom. The highest BCUT2D eigenvalue weighted by molar-refractivity contribution is 5.66. The van der Waals surface area contributed by atoms with Crippen molar-refractivity contribution in [3.63, 3.8) is 0 Å². The Labute approximate surface area is 79.3 Å². The van der Waals surface area contributed by atoms with Crippen molar-refractivity contribution >= 4 is 5.97 Å². The first-order valence-corrected chi connectivity index (χ1v) is 4.09. The minimum atomic E-state index is -0.484. The van der Waals surface area contributed by atoms with Crippen LogP contribution in [0.2, 0.25) is 0 Å². The number of rotatable bonds is 4. The van der Waals surface area contributed by atoms with Gasteiger partial charge in [-0.2, -0.15) is 0 Å². The highest BCUT2D eigenvalue weighted by Crippen LogP contribution is 1.93. The molecule has 0 bridgehead atoms. The smallest absolute Gasteiger partial charge is 0.304 e. The van der Waals surface area contributed by atoms with Crippen molar-refractivity contribution in [3.8, 4) is 11.8 Å². The lowest BCUT2D eigenvalue weighted by molar-refractivity contribution is -0.142. The lowest BCUT2D eigenvalue weighted by atomic mass is 10.3. The lowest BCUT2D eigenvalue weighted by Gasteiger charge is -2.03. The van der Waals surface area contributed by atoms with Gasteiger partial charge in [-0.15, -0.1) is 6.58 Å². The first kappa shape index (κ1) is 11.5. The standard InChI is InChI=1S/C11H14O2/c1-4-6-7-8-9-11(5-2)13-10(3)12/h4-5,11H,1-2,6-7H2,3H3. The summed E-state index contributed by atoms with van der Waals surface area (Å²) in [5, 5.41) is 0. The number of ether oxygens (including phenoxy) is 1. The molecule has 0 rings (SSSR count). The molecule has 0 heterocycles. The summed E-state index contributed by atoms with van der Waals surface area (Å²) in [7, 11) is 0. The van der Waals surface area contributed by atoms with E-state index in [1.54, 1.807) is 6.08 Å². The summed E-state index contributed by atoms with van der Waals surface area (Å²) in [6.45, 7) is 8.43. The van der Waals surface area contributed by atoms with Crippen molar-refractivity contribution in [2.75, 3.05) is 0 Å². The SMILES string of the molecule is C=CCCC#CC(C=C)OC(C)=O. The van der Waals surface area contributed by atoms with E-state index in [2.05, 4.69) is 25.0 Å². The Kier molecular flexibility index (Phi) is 6.35. The number of carbonyl (C=O) groups excluding carboxylic acids is 1. The molecule has 0 aromatic carbocycles. The van der Waals surface area contributed by atoms with E-state index >= 15 is 0 Å². The summed E-state index contributed by atoms with van der Waals surface area (Å²) < 4.78 is 4.82. The van der Waals surface area contributed by atoms with Gasteiger partial charge < -0.3 is 4.74 Å². The molecule has 0 aliphatic carbocycles. The van der Waals surface area contributed by atoms with E-state index in [0.29, 0.717) is 0 Å². The fourth-order valence-corrected chi connectivity index (χ4v) is 0.662. The third kappa shape index (κ3) is 6.89. The van der Waals surface area contributed by atoms with E-state index in [9.17, 15) is 4.79 Å². The zero-order chi connectivity index (χ0) is 10.1. The molecule has 0 fully saturated rings. The van der Waals surface area contributed by atoms with Gasteiger partial charge in [-0.1, -0.05) is 24.5 Å². The molecule has 0 spiro atoms. The highest BCUT2D eigenvalue weighted by Gasteiger charge is 2.00. The predicted molar refractivity (Wildman–Crippen MR) is 53.0 cm³/mol. The fourth-order valence-electron chi connectivity index (χ4n) is 0.662. The van der Waals surface area contributed by atoms with Crippen LogP contribution in [0, 0.1) is 11.8 Å². The number of allylic oxidation sites excluding steroid dienone is 1. The summed E-state index contributed by atoms with van der Waals surface area (Å²) in [5.74, 6) is 5.31. The molecule has 0 aromatic rings. The minimum absolute atomic E-state index is 0.345. The van der Waals surface area contributed by atoms with Crippen LogP contribution >= 0.6 is 0 Å². The third-order valence-corrected chi connectivity index (χ3v) is 1.22. The molecule has 0 amide bonds. The van der Waals surface area contributed by atoms with E-state index in [0.717, 1.165) is 12.8 Å². The summed E-state index contributed by atoms with van der Waals surface area (Å²) in [4.78, 5) is 10.5. The van der Waals surface area contributed by atoms with Crippen molar-refractivity contribution in [3.05, 3.63) is 25.3 Å². The van der Waals surface area contributed by atoms with E-state index in [1.165, 1.54) is 13.0 Å². The Morgan fingerprint density at radius 1 is 1.62 bits per heavy atom. The lowest BCUT2D eigenvalue weighted by Crippen LogP contribution is -2.10. The van der Waals surface area contributed by atoms with Gasteiger partial charge in [-0.05, 0) is 12.5 Å². The van der Waals surface area contributed by atoms with Gasteiger partial charge in [0.15, 0.2) is 6.10 Å². The molecule has 0 saturated heterocycles. The molecular weight excluding hydrogens is 164 g/mol. The molecule has 0 N–H and O–H groups in total. The molecule has 0 aliphatic heterocycles. The van der Waals surface area contributed by atoms with Crippen LogP contribution in [0.25, 0.3) is 0 Å². The topological polar surface area (TPSA) is 26.3 Å². The van der Waals surface area contributed by atoms with Crippen molar-refractivity contribution in [1.29, 1.82) is 0 Å². The van der Waals surface area contributed by atoms with Crippen LogP contribution in [-0.2, 0) is 9.53 Å². The molecular formula is C11H14O2. The Hall–Kier alpha value is -1.49. The van der Waals surface area contributed by atoms with Crippen LogP contribution in [0.5, 0.6) is 0 Å². The van der Waals surface area contributed by atoms with Gasteiger partial charge in [-0.25, -0.2) is 0 Å². The van der Waals surface area contributed by atoms with Gasteiger partial charge in [0.05, 0.1) is 0 Å². The van der Waals surface area contributed by atoms with Gasteiger partial charge in [0.2, 0.25) is 0 Å². The van der Waals surface area contributed by atoms with Crippen LogP contribution in [0.1, 0.15) is 19.8 Å². The quantitative estimate of drug-likeness (QED) is 0.285. The first-order chi connectivity index (χ1) is 6.20. The second-order valence-corrected chi connectivity index (χ2v) is 2.41. The second kappa shape index (κ2) is 7.17. The van der Waals surface area contributed by atoms with Gasteiger partial charge in [0, 0.05) is 13.3 Å². The molecule has 70 valence electrons. The van der Waals surface area contributed by atoms with Gasteiger partial charge in [0.1, 0.15) is 0 Å². The van der Waals surface area contributed by atoms with E-state index in [4.69, 9.17) is 4.74 Å². The maximum atomic E-state index is 10.5. The van der Waals surface area contributed by atoms with Crippen molar-refractivity contribution in [1.82, 2.24) is 0 Å². The van der Waals surface area contributed by atoms with E-state index < -0.39 is 6.10 Å². The number of esters is 1. The first-order valence-electron chi connectivity index (χ1n) is 4.09. The molecule has 0 radical (unpaired) electrons.